The van der Waals surface area contributed by atoms with Gasteiger partial charge in [0.15, 0.2) is 28.9 Å². The third-order valence-electron chi connectivity index (χ3n) is 19.9. The Morgan fingerprint density at radius 3 is 1.08 bits per heavy atom. The number of aliphatic imine (C=N–C) groups is 2. The highest BCUT2D eigenvalue weighted by Gasteiger charge is 2.54. The molecule has 11 aromatic rings. The van der Waals surface area contributed by atoms with Crippen molar-refractivity contribution in [2.24, 2.45) is 20.0 Å². The standard InChI is InChI=1S/C88H101N8/c1-81(2,3)61-45-33-49-65(69(61)85(13,14)15)94-76-56-40-28-29-41-57(56)77(94)92-75-55-39-27-31-43-59(55)79(93-75)96(67-51-35-47-63(83(7,8)9)71(67)87(19,20)21,68-52-36-48-64(84(10,11)12)72(68)88(22,23)24)80-60-44-32-30-42-58(60)78(91-74-54-38-26-25-37-53(54)73(89-74)90-76)95(80)66-50-34-46-62(82(4,5)6)70(66)86(16,17)18/h25-52,93H,1-24H3/q+1/b90-76?,91-74?,92-77-. The molecule has 8 aromatic carbocycles. The van der Waals surface area contributed by atoms with E-state index in [4.69, 9.17) is 20.0 Å². The number of aromatic nitrogens is 3. The van der Waals surface area contributed by atoms with Crippen LogP contribution in [0.4, 0.5) is 34.6 Å². The summed E-state index contributed by atoms with van der Waals surface area (Å²) in [5, 5.41) is 6.03. The van der Waals surface area contributed by atoms with E-state index in [1.807, 2.05) is 0 Å². The van der Waals surface area contributed by atoms with E-state index >= 15 is 0 Å². The molecule has 8 bridgehead atoms. The first-order valence-corrected chi connectivity index (χ1v) is 34.8. The van der Waals surface area contributed by atoms with Gasteiger partial charge in [0.05, 0.1) is 22.1 Å². The van der Waals surface area contributed by atoms with E-state index in [0.717, 1.165) is 100 Å². The first kappa shape index (κ1) is 65.9. The first-order chi connectivity index (χ1) is 44.7. The van der Waals surface area contributed by atoms with E-state index in [1.54, 1.807) is 0 Å². The topological polar surface area (TPSA) is 75.1 Å². The molecule has 0 unspecified atom stereocenters. The van der Waals surface area contributed by atoms with Crippen molar-refractivity contribution in [1.82, 2.24) is 18.6 Å². The van der Waals surface area contributed by atoms with Gasteiger partial charge in [-0.25, -0.2) is 24.5 Å². The molecule has 492 valence electrons. The summed E-state index contributed by atoms with van der Waals surface area (Å²) < 4.78 is 5.06. The number of benzene rings is 8. The molecule has 1 N–H and O–H groups in total. The van der Waals surface area contributed by atoms with E-state index in [-0.39, 0.29) is 37.0 Å². The molecule has 2 aliphatic heterocycles. The molecule has 0 saturated carbocycles. The van der Waals surface area contributed by atoms with Crippen LogP contribution in [0.15, 0.2) is 190 Å². The van der Waals surface area contributed by atoms with Crippen molar-refractivity contribution in [2.45, 2.75) is 209 Å². The van der Waals surface area contributed by atoms with Gasteiger partial charge in [0.25, 0.3) is 0 Å². The van der Waals surface area contributed by atoms with Gasteiger partial charge in [0, 0.05) is 55.9 Å². The second-order valence-corrected chi connectivity index (χ2v) is 35.5. The lowest BCUT2D eigenvalue weighted by Crippen LogP contribution is -2.41. The molecular weight excluding hydrogens is 1170 g/mol. The summed E-state index contributed by atoms with van der Waals surface area (Å²) in [6.45, 7) is 57.1. The maximum atomic E-state index is 6.31. The molecule has 5 heterocycles. The molecule has 13 rings (SSSR count). The maximum Gasteiger partial charge on any atom is 0.239 e. The minimum Gasteiger partial charge on any atom is -0.293 e. The summed E-state index contributed by atoms with van der Waals surface area (Å²) in [5.74, 6) is 4.67. The minimum absolute atomic E-state index is 0.0903. The summed E-state index contributed by atoms with van der Waals surface area (Å²) in [7, 11) is 0. The smallest absolute Gasteiger partial charge is 0.239 e. The molecule has 8 heteroatoms. The Kier molecular flexibility index (Phi) is 15.2. The fraction of sp³-hybridized carbons (Fsp3) is 0.364. The maximum absolute atomic E-state index is 6.31. The average molecular weight is 1270 g/mol. The van der Waals surface area contributed by atoms with Gasteiger partial charge in [-0.05, 0) is 101 Å². The van der Waals surface area contributed by atoms with Crippen LogP contribution in [-0.4, -0.2) is 25.8 Å². The molecule has 0 amide bonds. The third-order valence-corrected chi connectivity index (χ3v) is 19.9. The first-order valence-electron chi connectivity index (χ1n) is 34.8. The zero-order chi connectivity index (χ0) is 69.2. The second kappa shape index (κ2) is 22.2. The quantitative estimate of drug-likeness (QED) is 0.171. The summed E-state index contributed by atoms with van der Waals surface area (Å²) in [5.41, 5.74) is 15.2. The number of amidine groups is 2. The lowest BCUT2D eigenvalue weighted by Gasteiger charge is -2.44. The van der Waals surface area contributed by atoms with E-state index < -0.39 is 10.8 Å². The number of nitrogens with zero attached hydrogens (tertiary/aromatic N) is 7. The molecule has 0 radical (unpaired) electrons. The van der Waals surface area contributed by atoms with Gasteiger partial charge in [-0.2, -0.15) is 4.48 Å². The fourth-order valence-corrected chi connectivity index (χ4v) is 16.1. The van der Waals surface area contributed by atoms with Gasteiger partial charge >= 0.3 is 0 Å². The zero-order valence-electron chi connectivity index (χ0n) is 61.8. The Morgan fingerprint density at radius 2 is 0.646 bits per heavy atom. The van der Waals surface area contributed by atoms with Gasteiger partial charge in [0.1, 0.15) is 16.8 Å². The van der Waals surface area contributed by atoms with Crippen LogP contribution in [-0.2, 0) is 43.3 Å². The molecule has 0 aliphatic carbocycles. The molecule has 0 saturated heterocycles. The highest BCUT2D eigenvalue weighted by molar-refractivity contribution is 6.24. The molecule has 2 aliphatic rings. The third kappa shape index (κ3) is 10.6. The second-order valence-electron chi connectivity index (χ2n) is 35.5. The summed E-state index contributed by atoms with van der Waals surface area (Å²) in [4.78, 5) is 28.8. The predicted molar refractivity (Wildman–Crippen MR) is 409 cm³/mol. The minimum atomic E-state index is -0.428. The molecule has 3 aromatic heterocycles. The van der Waals surface area contributed by atoms with Gasteiger partial charge in [-0.3, -0.25) is 9.55 Å². The molecule has 0 fully saturated rings. The van der Waals surface area contributed by atoms with Crippen LogP contribution < -0.4 is 15.5 Å². The molecule has 0 atom stereocenters. The van der Waals surface area contributed by atoms with Gasteiger partial charge in [0.2, 0.25) is 11.6 Å². The van der Waals surface area contributed by atoms with Crippen molar-refractivity contribution >= 4 is 78.6 Å². The van der Waals surface area contributed by atoms with Crippen LogP contribution in [0.3, 0.4) is 0 Å². The van der Waals surface area contributed by atoms with Crippen molar-refractivity contribution in [1.29, 1.82) is 0 Å². The van der Waals surface area contributed by atoms with Crippen LogP contribution in [0.1, 0.15) is 222 Å². The summed E-state index contributed by atoms with van der Waals surface area (Å²) in [6.07, 6.45) is 0. The Labute approximate surface area is 571 Å². The number of H-pyrrole nitrogens is 1. The van der Waals surface area contributed by atoms with E-state index in [1.165, 1.54) is 44.5 Å². The summed E-state index contributed by atoms with van der Waals surface area (Å²) >= 11 is 0. The van der Waals surface area contributed by atoms with Crippen LogP contribution in [0.25, 0.3) is 43.7 Å². The molecule has 8 nitrogen and oxygen atoms in total. The van der Waals surface area contributed by atoms with E-state index in [2.05, 4.69) is 350 Å². The van der Waals surface area contributed by atoms with Crippen LogP contribution in [0.2, 0.25) is 0 Å². The predicted octanol–water partition coefficient (Wildman–Crippen LogP) is 23.2. The number of fused-ring (bicyclic) bond motifs is 19. The normalized spacial score (nSPS) is 15.2. The van der Waals surface area contributed by atoms with Crippen LogP contribution in [0, 0.1) is 0 Å². The van der Waals surface area contributed by atoms with Crippen LogP contribution in [0.5, 0.6) is 0 Å². The Balaban J connectivity index is 1.44. The van der Waals surface area contributed by atoms with Crippen molar-refractivity contribution in [3.8, 4) is 11.4 Å². The van der Waals surface area contributed by atoms with Crippen molar-refractivity contribution in [3.05, 3.63) is 236 Å². The van der Waals surface area contributed by atoms with Crippen LogP contribution >= 0.6 is 0 Å². The fourth-order valence-electron chi connectivity index (χ4n) is 16.1. The largest absolute Gasteiger partial charge is 0.293 e. The number of hydrogen-bond donors (Lipinski definition) is 1. The summed E-state index contributed by atoms with van der Waals surface area (Å²) in [6, 6.07) is 63.7. The number of hydrogen-bond acceptors (Lipinski definition) is 4. The molecular formula is C88H101N8+. The number of rotatable bonds is 4. The van der Waals surface area contributed by atoms with E-state index in [9.17, 15) is 0 Å². The highest BCUT2D eigenvalue weighted by atomic mass is 15.5. The van der Waals surface area contributed by atoms with Crippen molar-refractivity contribution < 1.29 is 0 Å². The number of nitrogens with one attached hydrogen (secondary N) is 1. The SMILES string of the molecule is CC(C)(C)c1cccc(-n2c3c4ccccc4c2[N+](c2cccc(C(C)(C)C)c2C(C)(C)C)(c2cccc(C(C)(C)C)c2C(C)(C)C)c2[nH]c(c4ccccc24)/N=c2/c4ccccc4c(n2-c2cccc(C(C)(C)C)c2C(C)(C)C)=NC2=NC(=N3)c3ccccc32)c1C(C)(C)C. The lowest BCUT2D eigenvalue weighted by molar-refractivity contribution is 0.503. The highest BCUT2D eigenvalue weighted by Crippen LogP contribution is 2.64. The number of quaternary nitrogens is 1. The monoisotopic (exact) mass is 1270 g/mol. The lowest BCUT2D eigenvalue weighted by atomic mass is 9.72. The van der Waals surface area contributed by atoms with Crippen molar-refractivity contribution in [2.75, 3.05) is 0 Å². The number of aromatic amines is 1. The van der Waals surface area contributed by atoms with Crippen molar-refractivity contribution in [3.63, 3.8) is 0 Å². The average Bonchev–Trinajstić information content (AvgIpc) is 1.41. The Bertz CT molecular complexity index is 5100. The van der Waals surface area contributed by atoms with Gasteiger partial charge < -0.3 is 0 Å². The van der Waals surface area contributed by atoms with E-state index in [0.29, 0.717) is 11.7 Å². The molecule has 96 heavy (non-hydrogen) atoms. The van der Waals surface area contributed by atoms with Gasteiger partial charge in [-0.15, -0.1) is 0 Å². The molecule has 0 spiro atoms. The van der Waals surface area contributed by atoms with Gasteiger partial charge in [-0.1, -0.05) is 300 Å². The Hall–Kier alpha value is -8.72. The Morgan fingerprint density at radius 1 is 0.292 bits per heavy atom. The zero-order valence-corrected chi connectivity index (χ0v) is 61.8.